The van der Waals surface area contributed by atoms with E-state index in [1.54, 1.807) is 12.1 Å². The number of nitrogens with one attached hydrogen (secondary N) is 2. The van der Waals surface area contributed by atoms with Crippen molar-refractivity contribution in [2.45, 2.75) is 6.18 Å². The molecule has 0 heterocycles. The summed E-state index contributed by atoms with van der Waals surface area (Å²) in [4.78, 5) is 13.7. The van der Waals surface area contributed by atoms with Crippen LogP contribution in [0.15, 0.2) is 53.6 Å². The molecule has 150 valence electrons. The zero-order chi connectivity index (χ0) is 20.6. The number of aliphatic hydroxyl groups is 1. The number of carbonyl (C=O) groups is 1. The second-order valence-corrected chi connectivity index (χ2v) is 5.96. The van der Waals surface area contributed by atoms with Gasteiger partial charge >= 0.3 is 6.18 Å². The van der Waals surface area contributed by atoms with Crippen LogP contribution in [0.1, 0.15) is 11.1 Å². The molecule has 2 aromatic rings. The van der Waals surface area contributed by atoms with E-state index in [-0.39, 0.29) is 18.8 Å². The quantitative estimate of drug-likeness (QED) is 0.475. The third-order valence-corrected chi connectivity index (χ3v) is 3.82. The Morgan fingerprint density at radius 1 is 1.21 bits per heavy atom. The number of alkyl halides is 3. The number of carbonyl (C=O) groups excluding carboxylic acids is 1. The third-order valence-electron chi connectivity index (χ3n) is 3.82. The van der Waals surface area contributed by atoms with E-state index in [0.29, 0.717) is 6.54 Å². The summed E-state index contributed by atoms with van der Waals surface area (Å²) in [6.45, 7) is 0.353. The van der Waals surface area contributed by atoms with Gasteiger partial charge in [0.2, 0.25) is 0 Å². The number of likely N-dealkylation sites (N-methyl/N-ethyl adjacent to an activating group) is 1. The number of nitrogens with zero attached hydrogens (tertiary/aromatic N) is 2. The Balaban J connectivity index is 1.82. The van der Waals surface area contributed by atoms with Crippen LogP contribution in [0.3, 0.4) is 0 Å². The van der Waals surface area contributed by atoms with Crippen molar-refractivity contribution in [2.24, 2.45) is 5.10 Å². The first-order valence-corrected chi connectivity index (χ1v) is 8.44. The molecule has 0 saturated carbocycles. The Labute approximate surface area is 160 Å². The molecule has 1 amide bonds. The maximum Gasteiger partial charge on any atom is 0.416 e. The third kappa shape index (κ3) is 6.58. The van der Waals surface area contributed by atoms with Crippen LogP contribution in [0.5, 0.6) is 0 Å². The highest BCUT2D eigenvalue weighted by Crippen LogP contribution is 2.30. The van der Waals surface area contributed by atoms with E-state index in [9.17, 15) is 18.0 Å². The number of rotatable bonds is 8. The van der Waals surface area contributed by atoms with Gasteiger partial charge < -0.3 is 15.3 Å². The topological polar surface area (TPSA) is 77.0 Å². The molecular weight excluding hydrogens is 373 g/mol. The van der Waals surface area contributed by atoms with Gasteiger partial charge in [-0.2, -0.15) is 18.3 Å². The molecule has 0 bridgehead atoms. The van der Waals surface area contributed by atoms with Crippen molar-refractivity contribution in [3.63, 3.8) is 0 Å². The molecule has 0 unspecified atom stereocenters. The Morgan fingerprint density at radius 2 is 1.93 bits per heavy atom. The first-order valence-electron chi connectivity index (χ1n) is 8.44. The Kier molecular flexibility index (Phi) is 7.39. The molecule has 9 heteroatoms. The van der Waals surface area contributed by atoms with E-state index < -0.39 is 17.6 Å². The van der Waals surface area contributed by atoms with Crippen molar-refractivity contribution < 1.29 is 23.1 Å². The Bertz CT molecular complexity index is 808. The van der Waals surface area contributed by atoms with Gasteiger partial charge in [0, 0.05) is 25.0 Å². The molecular formula is C19H21F3N4O2. The van der Waals surface area contributed by atoms with Crippen molar-refractivity contribution in [2.75, 3.05) is 37.0 Å². The molecule has 3 N–H and O–H groups in total. The maximum atomic E-state index is 12.7. The fourth-order valence-electron chi connectivity index (χ4n) is 2.30. The molecule has 0 aliphatic carbocycles. The lowest BCUT2D eigenvalue weighted by Crippen LogP contribution is -2.26. The number of anilines is 2. The molecule has 0 atom stereocenters. The average Bonchev–Trinajstić information content (AvgIpc) is 2.67. The van der Waals surface area contributed by atoms with Gasteiger partial charge in [0.15, 0.2) is 0 Å². The largest absolute Gasteiger partial charge is 0.416 e. The van der Waals surface area contributed by atoms with Gasteiger partial charge in [-0.1, -0.05) is 18.2 Å². The molecule has 0 aromatic heterocycles. The summed E-state index contributed by atoms with van der Waals surface area (Å²) in [7, 11) is 1.86. The van der Waals surface area contributed by atoms with E-state index in [1.807, 2.05) is 24.1 Å². The maximum absolute atomic E-state index is 12.7. The number of hydrazone groups is 1. The molecule has 2 aromatic carbocycles. The van der Waals surface area contributed by atoms with Gasteiger partial charge in [-0.25, -0.2) is 5.43 Å². The monoisotopic (exact) mass is 394 g/mol. The number of halogens is 3. The zero-order valence-electron chi connectivity index (χ0n) is 15.2. The molecule has 0 aliphatic rings. The van der Waals surface area contributed by atoms with E-state index in [4.69, 9.17) is 5.11 Å². The van der Waals surface area contributed by atoms with E-state index in [0.717, 1.165) is 23.4 Å². The second-order valence-electron chi connectivity index (χ2n) is 5.96. The Morgan fingerprint density at radius 3 is 2.57 bits per heavy atom. The smallest absolute Gasteiger partial charge is 0.395 e. The summed E-state index contributed by atoms with van der Waals surface area (Å²) >= 11 is 0. The van der Waals surface area contributed by atoms with Crippen molar-refractivity contribution >= 4 is 23.5 Å². The van der Waals surface area contributed by atoms with Crippen molar-refractivity contribution in [3.8, 4) is 0 Å². The van der Waals surface area contributed by atoms with Gasteiger partial charge in [0.25, 0.3) is 5.91 Å². The number of amides is 1. The minimum Gasteiger partial charge on any atom is -0.395 e. The van der Waals surface area contributed by atoms with Gasteiger partial charge in [-0.15, -0.1) is 0 Å². The molecule has 6 nitrogen and oxygen atoms in total. The van der Waals surface area contributed by atoms with Gasteiger partial charge in [-0.05, 0) is 35.9 Å². The van der Waals surface area contributed by atoms with Crippen LogP contribution in [0.2, 0.25) is 0 Å². The first-order chi connectivity index (χ1) is 13.3. The van der Waals surface area contributed by atoms with Crippen molar-refractivity contribution in [1.29, 1.82) is 0 Å². The van der Waals surface area contributed by atoms with Crippen LogP contribution in [0.4, 0.5) is 24.5 Å². The molecule has 0 spiro atoms. The first kappa shape index (κ1) is 21.2. The SMILES string of the molecule is CN(CCO)c1ccc(/C=N\NC(=O)CNc2cccc(C(F)(F)F)c2)cc1. The molecule has 0 radical (unpaired) electrons. The summed E-state index contributed by atoms with van der Waals surface area (Å²) in [6.07, 6.45) is -2.98. The van der Waals surface area contributed by atoms with E-state index >= 15 is 0 Å². The normalized spacial score (nSPS) is 11.5. The lowest BCUT2D eigenvalue weighted by atomic mass is 10.2. The molecule has 0 aliphatic heterocycles. The Hall–Kier alpha value is -3.07. The van der Waals surface area contributed by atoms with Crippen LogP contribution < -0.4 is 15.6 Å². The van der Waals surface area contributed by atoms with Crippen LogP contribution in [0.25, 0.3) is 0 Å². The summed E-state index contributed by atoms with van der Waals surface area (Å²) in [5, 5.41) is 15.4. The highest BCUT2D eigenvalue weighted by atomic mass is 19.4. The lowest BCUT2D eigenvalue weighted by molar-refractivity contribution is -0.137. The number of aliphatic hydroxyl groups excluding tert-OH is 1. The molecule has 2 rings (SSSR count). The number of hydrogen-bond acceptors (Lipinski definition) is 5. The predicted molar refractivity (Wildman–Crippen MR) is 102 cm³/mol. The molecule has 0 fully saturated rings. The highest BCUT2D eigenvalue weighted by molar-refractivity contribution is 5.84. The highest BCUT2D eigenvalue weighted by Gasteiger charge is 2.30. The standard InChI is InChI=1S/C19H21F3N4O2/c1-26(9-10-27)17-7-5-14(6-8-17)12-24-25-18(28)13-23-16-4-2-3-15(11-16)19(20,21)22/h2-8,11-12,23,27H,9-10,13H2,1H3,(H,25,28)/b24-12-. The van der Waals surface area contributed by atoms with E-state index in [2.05, 4.69) is 15.8 Å². The molecule has 28 heavy (non-hydrogen) atoms. The van der Waals surface area contributed by atoms with Crippen molar-refractivity contribution in [1.82, 2.24) is 5.43 Å². The van der Waals surface area contributed by atoms with Gasteiger partial charge in [-0.3, -0.25) is 4.79 Å². The van der Waals surface area contributed by atoms with Crippen LogP contribution in [-0.2, 0) is 11.0 Å². The number of hydrogen-bond donors (Lipinski definition) is 3. The second kappa shape index (κ2) is 9.75. The minimum atomic E-state index is -4.44. The van der Waals surface area contributed by atoms with Crippen LogP contribution >= 0.6 is 0 Å². The number of benzene rings is 2. The van der Waals surface area contributed by atoms with Crippen LogP contribution in [-0.4, -0.2) is 44.0 Å². The fourth-order valence-corrected chi connectivity index (χ4v) is 2.30. The predicted octanol–water partition coefficient (Wildman–Crippen LogP) is 2.70. The van der Waals surface area contributed by atoms with Gasteiger partial charge in [0.1, 0.15) is 0 Å². The average molecular weight is 394 g/mol. The zero-order valence-corrected chi connectivity index (χ0v) is 15.2. The molecule has 0 saturated heterocycles. The van der Waals surface area contributed by atoms with E-state index in [1.165, 1.54) is 18.3 Å². The summed E-state index contributed by atoms with van der Waals surface area (Å²) in [6, 6.07) is 11.9. The summed E-state index contributed by atoms with van der Waals surface area (Å²) in [5.74, 6) is -0.493. The van der Waals surface area contributed by atoms with Crippen molar-refractivity contribution in [3.05, 3.63) is 59.7 Å². The summed E-state index contributed by atoms with van der Waals surface area (Å²) < 4.78 is 38.0. The summed E-state index contributed by atoms with van der Waals surface area (Å²) in [5.41, 5.74) is 3.40. The lowest BCUT2D eigenvalue weighted by Gasteiger charge is -2.17. The van der Waals surface area contributed by atoms with Crippen LogP contribution in [0, 0.1) is 0 Å². The minimum absolute atomic E-state index is 0.0558. The van der Waals surface area contributed by atoms with Gasteiger partial charge in [0.05, 0.1) is 24.9 Å². The fraction of sp³-hybridized carbons (Fsp3) is 0.263.